The summed E-state index contributed by atoms with van der Waals surface area (Å²) in [7, 11) is -3.35. The fourth-order valence-corrected chi connectivity index (χ4v) is 4.32. The third kappa shape index (κ3) is 2.99. The number of hydrogen-bond donors (Lipinski definition) is 1. The van der Waals surface area contributed by atoms with Crippen LogP contribution in [-0.2, 0) is 10.0 Å². The van der Waals surface area contributed by atoms with Crippen LogP contribution in [0, 0.1) is 12.8 Å². The first-order valence-electron chi connectivity index (χ1n) is 6.74. The van der Waals surface area contributed by atoms with Crippen molar-refractivity contribution >= 4 is 10.0 Å². The first-order chi connectivity index (χ1) is 8.93. The molecule has 1 aliphatic rings. The van der Waals surface area contributed by atoms with E-state index in [1.54, 1.807) is 16.4 Å². The van der Waals surface area contributed by atoms with Gasteiger partial charge in [0, 0.05) is 19.1 Å². The summed E-state index contributed by atoms with van der Waals surface area (Å²) in [5.41, 5.74) is 6.69. The summed E-state index contributed by atoms with van der Waals surface area (Å²) in [6, 6.07) is 7.29. The number of aryl methyl sites for hydroxylation is 1. The highest BCUT2D eigenvalue weighted by atomic mass is 32.2. The van der Waals surface area contributed by atoms with Crippen molar-refractivity contribution < 1.29 is 8.42 Å². The minimum atomic E-state index is -3.35. The zero-order valence-corrected chi connectivity index (χ0v) is 12.4. The molecule has 1 unspecified atom stereocenters. The molecule has 2 rings (SSSR count). The molecule has 1 heterocycles. The highest BCUT2D eigenvalue weighted by Crippen LogP contribution is 2.26. The molecule has 0 aliphatic carbocycles. The van der Waals surface area contributed by atoms with E-state index in [4.69, 9.17) is 5.73 Å². The van der Waals surface area contributed by atoms with Gasteiger partial charge in [-0.15, -0.1) is 0 Å². The third-order valence-electron chi connectivity index (χ3n) is 3.95. The van der Waals surface area contributed by atoms with Crippen molar-refractivity contribution in [3.05, 3.63) is 29.8 Å². The quantitative estimate of drug-likeness (QED) is 0.918. The van der Waals surface area contributed by atoms with Crippen LogP contribution in [0.3, 0.4) is 0 Å². The first kappa shape index (κ1) is 14.5. The Morgan fingerprint density at radius 3 is 2.37 bits per heavy atom. The molecule has 1 aromatic rings. The van der Waals surface area contributed by atoms with Gasteiger partial charge in [0.25, 0.3) is 0 Å². The van der Waals surface area contributed by atoms with Crippen LogP contribution in [-0.4, -0.2) is 31.9 Å². The summed E-state index contributed by atoms with van der Waals surface area (Å²) in [5.74, 6) is 0.434. The van der Waals surface area contributed by atoms with E-state index in [9.17, 15) is 8.42 Å². The number of nitrogens with two attached hydrogens (primary N) is 1. The van der Waals surface area contributed by atoms with Crippen LogP contribution in [0.2, 0.25) is 0 Å². The van der Waals surface area contributed by atoms with Crippen LogP contribution in [0.4, 0.5) is 0 Å². The minimum Gasteiger partial charge on any atom is -0.328 e. The zero-order chi connectivity index (χ0) is 14.0. The molecular weight excluding hydrogens is 260 g/mol. The van der Waals surface area contributed by atoms with E-state index >= 15 is 0 Å². The van der Waals surface area contributed by atoms with Crippen molar-refractivity contribution in [3.63, 3.8) is 0 Å². The molecule has 1 saturated heterocycles. The number of nitrogens with zero attached hydrogens (tertiary/aromatic N) is 1. The minimum absolute atomic E-state index is 0.142. The standard InChI is InChI=1S/C14H22N2O2S/c1-11-5-3-4-6-14(11)19(17,18)16-9-7-13(8-10-16)12(2)15/h3-6,12-13H,7-10,15H2,1-2H3. The van der Waals surface area contributed by atoms with Gasteiger partial charge in [0.2, 0.25) is 10.0 Å². The van der Waals surface area contributed by atoms with Gasteiger partial charge in [0.15, 0.2) is 0 Å². The van der Waals surface area contributed by atoms with E-state index in [-0.39, 0.29) is 6.04 Å². The van der Waals surface area contributed by atoms with Crippen molar-refractivity contribution in [2.45, 2.75) is 37.6 Å². The normalized spacial score (nSPS) is 20.4. The maximum absolute atomic E-state index is 12.6. The van der Waals surface area contributed by atoms with Crippen LogP contribution in [0.15, 0.2) is 29.2 Å². The molecule has 0 saturated carbocycles. The van der Waals surface area contributed by atoms with Crippen molar-refractivity contribution in [2.75, 3.05) is 13.1 Å². The van der Waals surface area contributed by atoms with Crippen molar-refractivity contribution in [1.82, 2.24) is 4.31 Å². The van der Waals surface area contributed by atoms with E-state index in [1.165, 1.54) is 0 Å². The Labute approximate surface area is 115 Å². The van der Waals surface area contributed by atoms with Gasteiger partial charge in [-0.2, -0.15) is 4.31 Å². The van der Waals surface area contributed by atoms with Gasteiger partial charge in [0.05, 0.1) is 4.90 Å². The summed E-state index contributed by atoms with van der Waals surface area (Å²) >= 11 is 0. The topological polar surface area (TPSA) is 63.4 Å². The maximum Gasteiger partial charge on any atom is 0.243 e. The Morgan fingerprint density at radius 1 is 1.26 bits per heavy atom. The maximum atomic E-state index is 12.6. The fraction of sp³-hybridized carbons (Fsp3) is 0.571. The van der Waals surface area contributed by atoms with Gasteiger partial charge in [-0.1, -0.05) is 18.2 Å². The molecule has 106 valence electrons. The van der Waals surface area contributed by atoms with Gasteiger partial charge in [0.1, 0.15) is 0 Å². The molecule has 1 aromatic carbocycles. The second-order valence-corrected chi connectivity index (χ2v) is 7.27. The van der Waals surface area contributed by atoms with Gasteiger partial charge in [-0.05, 0) is 44.2 Å². The number of piperidine rings is 1. The van der Waals surface area contributed by atoms with E-state index in [2.05, 4.69) is 0 Å². The molecule has 4 nitrogen and oxygen atoms in total. The smallest absolute Gasteiger partial charge is 0.243 e. The number of rotatable bonds is 3. The van der Waals surface area contributed by atoms with Crippen molar-refractivity contribution in [2.24, 2.45) is 11.7 Å². The summed E-state index contributed by atoms with van der Waals surface area (Å²) in [5, 5.41) is 0. The molecule has 0 amide bonds. The molecule has 0 radical (unpaired) electrons. The molecule has 0 bridgehead atoms. The third-order valence-corrected chi connectivity index (χ3v) is 6.01. The monoisotopic (exact) mass is 282 g/mol. The SMILES string of the molecule is Cc1ccccc1S(=O)(=O)N1CCC(C(C)N)CC1. The molecule has 0 aromatic heterocycles. The summed E-state index contributed by atoms with van der Waals surface area (Å²) in [4.78, 5) is 0.425. The predicted octanol–water partition coefficient (Wildman–Crippen LogP) is 1.74. The lowest BCUT2D eigenvalue weighted by Crippen LogP contribution is -2.42. The number of sulfonamides is 1. The van der Waals surface area contributed by atoms with Gasteiger partial charge in [-0.25, -0.2) is 8.42 Å². The van der Waals surface area contributed by atoms with E-state index in [0.29, 0.717) is 23.9 Å². The highest BCUT2D eigenvalue weighted by Gasteiger charge is 2.31. The molecule has 5 heteroatoms. The fourth-order valence-electron chi connectivity index (χ4n) is 2.63. The summed E-state index contributed by atoms with van der Waals surface area (Å²) in [6.45, 7) is 4.98. The number of benzene rings is 1. The van der Waals surface area contributed by atoms with Crippen molar-refractivity contribution in [3.8, 4) is 0 Å². The first-order valence-corrected chi connectivity index (χ1v) is 8.18. The van der Waals surface area contributed by atoms with E-state index in [1.807, 2.05) is 26.0 Å². The predicted molar refractivity (Wildman–Crippen MR) is 76.3 cm³/mol. The second kappa shape index (κ2) is 5.61. The summed E-state index contributed by atoms with van der Waals surface area (Å²) < 4.78 is 26.7. The molecule has 1 atom stereocenters. The van der Waals surface area contributed by atoms with Crippen molar-refractivity contribution in [1.29, 1.82) is 0 Å². The van der Waals surface area contributed by atoms with Crippen LogP contribution in [0.1, 0.15) is 25.3 Å². The Kier molecular flexibility index (Phi) is 4.28. The Balaban J connectivity index is 2.17. The molecule has 1 fully saturated rings. The van der Waals surface area contributed by atoms with Crippen LogP contribution in [0.25, 0.3) is 0 Å². The van der Waals surface area contributed by atoms with Crippen LogP contribution in [0.5, 0.6) is 0 Å². The summed E-state index contributed by atoms with van der Waals surface area (Å²) in [6.07, 6.45) is 1.70. The lowest BCUT2D eigenvalue weighted by molar-refractivity contribution is 0.250. The average Bonchev–Trinajstić information content (AvgIpc) is 2.39. The number of hydrogen-bond acceptors (Lipinski definition) is 3. The van der Waals surface area contributed by atoms with Gasteiger partial charge < -0.3 is 5.73 Å². The van der Waals surface area contributed by atoms with Gasteiger partial charge in [-0.3, -0.25) is 0 Å². The lowest BCUT2D eigenvalue weighted by atomic mass is 9.92. The van der Waals surface area contributed by atoms with E-state index < -0.39 is 10.0 Å². The van der Waals surface area contributed by atoms with E-state index in [0.717, 1.165) is 18.4 Å². The second-order valence-electron chi connectivity index (χ2n) is 5.37. The van der Waals surface area contributed by atoms with Crippen LogP contribution < -0.4 is 5.73 Å². The molecule has 19 heavy (non-hydrogen) atoms. The van der Waals surface area contributed by atoms with Crippen LogP contribution >= 0.6 is 0 Å². The Morgan fingerprint density at radius 2 is 1.84 bits per heavy atom. The Bertz CT molecular complexity index is 532. The van der Waals surface area contributed by atoms with Gasteiger partial charge >= 0.3 is 0 Å². The zero-order valence-electron chi connectivity index (χ0n) is 11.5. The highest BCUT2D eigenvalue weighted by molar-refractivity contribution is 7.89. The molecule has 0 spiro atoms. The largest absolute Gasteiger partial charge is 0.328 e. The molecular formula is C14H22N2O2S. The molecule has 1 aliphatic heterocycles. The molecule has 2 N–H and O–H groups in total. The Hall–Kier alpha value is -0.910. The average molecular weight is 282 g/mol. The lowest BCUT2D eigenvalue weighted by Gasteiger charge is -2.33.